The smallest absolute Gasteiger partial charge is 0.312 e. The van der Waals surface area contributed by atoms with Gasteiger partial charge in [-0.2, -0.15) is 0 Å². The van der Waals surface area contributed by atoms with Crippen LogP contribution in [0.2, 0.25) is 0 Å². The highest BCUT2D eigenvalue weighted by molar-refractivity contribution is 6.04. The summed E-state index contributed by atoms with van der Waals surface area (Å²) in [6.07, 6.45) is 2.17. The van der Waals surface area contributed by atoms with Crippen molar-refractivity contribution in [3.05, 3.63) is 36.9 Å². The zero-order chi connectivity index (χ0) is 26.2. The summed E-state index contributed by atoms with van der Waals surface area (Å²) >= 11 is 0. The van der Waals surface area contributed by atoms with E-state index in [1.54, 1.807) is 49.3 Å². The molecule has 9 nitrogen and oxygen atoms in total. The predicted molar refractivity (Wildman–Crippen MR) is 132 cm³/mol. The first-order valence-corrected chi connectivity index (χ1v) is 12.6. The van der Waals surface area contributed by atoms with Crippen molar-refractivity contribution in [1.29, 1.82) is 0 Å². The van der Waals surface area contributed by atoms with Gasteiger partial charge in [0.2, 0.25) is 5.91 Å². The Morgan fingerprint density at radius 3 is 2.58 bits per heavy atom. The normalized spacial score (nSPS) is 29.3. The molecule has 0 aliphatic carbocycles. The Balaban J connectivity index is 1.81. The molecule has 1 aromatic carbocycles. The fourth-order valence-electron chi connectivity index (χ4n) is 6.22. The van der Waals surface area contributed by atoms with Crippen LogP contribution in [0.4, 0.5) is 5.69 Å². The van der Waals surface area contributed by atoms with Crippen molar-refractivity contribution in [2.75, 3.05) is 31.8 Å². The summed E-state index contributed by atoms with van der Waals surface area (Å²) in [5.74, 6) is -2.23. The third-order valence-electron chi connectivity index (χ3n) is 7.81. The molecule has 3 saturated heterocycles. The lowest BCUT2D eigenvalue weighted by atomic mass is 9.70. The molecule has 1 spiro atoms. The lowest BCUT2D eigenvalue weighted by Gasteiger charge is -2.40. The van der Waals surface area contributed by atoms with E-state index in [4.69, 9.17) is 14.2 Å². The van der Waals surface area contributed by atoms with Gasteiger partial charge >= 0.3 is 5.97 Å². The fraction of sp³-hybridized carbons (Fsp3) is 0.593. The minimum Gasteiger partial charge on any atom is -0.497 e. The molecule has 1 aromatic rings. The van der Waals surface area contributed by atoms with Crippen molar-refractivity contribution < 1.29 is 33.7 Å². The SMILES string of the molecule is C=CCN(C(=O)C1N([C@@H](CO)C(C)C)C(=O)[C@@H]2[C@@H](C(=O)OCC)[C@H]3CCC12O3)c1ccc(OC)cc1. The molecule has 1 N–H and O–H groups in total. The van der Waals surface area contributed by atoms with Crippen LogP contribution in [0.15, 0.2) is 36.9 Å². The number of esters is 1. The maximum Gasteiger partial charge on any atom is 0.312 e. The van der Waals surface area contributed by atoms with E-state index in [2.05, 4.69) is 6.58 Å². The number of aliphatic hydroxyl groups is 1. The van der Waals surface area contributed by atoms with Crippen molar-refractivity contribution in [2.45, 2.75) is 57.4 Å². The van der Waals surface area contributed by atoms with Gasteiger partial charge in [0, 0.05) is 12.2 Å². The van der Waals surface area contributed by atoms with E-state index < -0.39 is 41.6 Å². The highest BCUT2D eigenvalue weighted by atomic mass is 16.6. The highest BCUT2D eigenvalue weighted by Gasteiger charge is 2.75. The van der Waals surface area contributed by atoms with Crippen LogP contribution in [-0.2, 0) is 23.9 Å². The van der Waals surface area contributed by atoms with Gasteiger partial charge in [0.15, 0.2) is 0 Å². The van der Waals surface area contributed by atoms with Crippen LogP contribution >= 0.6 is 0 Å². The predicted octanol–water partition coefficient (Wildman–Crippen LogP) is 2.17. The van der Waals surface area contributed by atoms with E-state index in [0.29, 0.717) is 24.3 Å². The molecule has 3 aliphatic rings. The van der Waals surface area contributed by atoms with Crippen LogP contribution in [0.5, 0.6) is 5.75 Å². The molecule has 0 radical (unpaired) electrons. The van der Waals surface area contributed by atoms with Crippen LogP contribution in [-0.4, -0.2) is 78.4 Å². The van der Waals surface area contributed by atoms with E-state index in [-0.39, 0.29) is 37.5 Å². The highest BCUT2D eigenvalue weighted by Crippen LogP contribution is 2.59. The molecule has 2 unspecified atom stereocenters. The van der Waals surface area contributed by atoms with Gasteiger partial charge in [0.05, 0.1) is 44.3 Å². The van der Waals surface area contributed by atoms with Crippen LogP contribution in [0.1, 0.15) is 33.6 Å². The summed E-state index contributed by atoms with van der Waals surface area (Å²) in [6.45, 7) is 9.42. The van der Waals surface area contributed by atoms with Crippen molar-refractivity contribution in [3.8, 4) is 5.75 Å². The number of amides is 2. The van der Waals surface area contributed by atoms with Crippen molar-refractivity contribution in [1.82, 2.24) is 4.90 Å². The maximum absolute atomic E-state index is 14.4. The minimum absolute atomic E-state index is 0.128. The Morgan fingerprint density at radius 1 is 1.33 bits per heavy atom. The first kappa shape index (κ1) is 26.2. The van der Waals surface area contributed by atoms with Crippen LogP contribution in [0, 0.1) is 17.8 Å². The maximum atomic E-state index is 14.4. The molecule has 6 atom stereocenters. The van der Waals surface area contributed by atoms with Gasteiger partial charge in [-0.1, -0.05) is 19.9 Å². The molecule has 4 rings (SSSR count). The number of hydrogen-bond donors (Lipinski definition) is 1. The van der Waals surface area contributed by atoms with Crippen LogP contribution in [0.3, 0.4) is 0 Å². The van der Waals surface area contributed by atoms with Crippen LogP contribution < -0.4 is 9.64 Å². The first-order chi connectivity index (χ1) is 17.2. The summed E-state index contributed by atoms with van der Waals surface area (Å²) in [7, 11) is 1.57. The number of likely N-dealkylation sites (tertiary alicyclic amines) is 1. The number of hydrogen-bond acceptors (Lipinski definition) is 7. The lowest BCUT2D eigenvalue weighted by molar-refractivity contribution is -0.155. The molecule has 0 saturated carbocycles. The zero-order valence-corrected chi connectivity index (χ0v) is 21.4. The van der Waals surface area contributed by atoms with Gasteiger partial charge in [-0.15, -0.1) is 6.58 Å². The summed E-state index contributed by atoms with van der Waals surface area (Å²) < 4.78 is 17.0. The Bertz CT molecular complexity index is 1010. The van der Waals surface area contributed by atoms with Crippen molar-refractivity contribution >= 4 is 23.5 Å². The fourth-order valence-corrected chi connectivity index (χ4v) is 6.22. The number of benzene rings is 1. The molecule has 196 valence electrons. The number of fused-ring (bicyclic) bond motifs is 1. The molecule has 3 aliphatic heterocycles. The summed E-state index contributed by atoms with van der Waals surface area (Å²) in [5, 5.41) is 10.3. The van der Waals surface area contributed by atoms with Gasteiger partial charge in [-0.25, -0.2) is 0 Å². The van der Waals surface area contributed by atoms with E-state index in [1.165, 1.54) is 4.90 Å². The standard InChI is InChI=1S/C27H36N2O7/c1-6-14-28(17-8-10-18(34-5)11-9-17)25(32)23-27-13-12-20(36-27)21(26(33)35-7-2)22(27)24(31)29(23)19(15-30)16(3)4/h6,8-11,16,19-23,30H,1,7,12-15H2,2-5H3/t19-,20+,21-,22-,23?,27?/m0/s1. The second-order valence-electron chi connectivity index (χ2n) is 9.98. The number of anilines is 1. The second-order valence-corrected chi connectivity index (χ2v) is 9.98. The Labute approximate surface area is 212 Å². The average Bonchev–Trinajstić information content (AvgIpc) is 3.50. The number of ether oxygens (including phenoxy) is 3. The quantitative estimate of drug-likeness (QED) is 0.388. The number of carbonyl (C=O) groups is 3. The molecule has 2 bridgehead atoms. The van der Waals surface area contributed by atoms with E-state index in [1.807, 2.05) is 13.8 Å². The molecule has 36 heavy (non-hydrogen) atoms. The van der Waals surface area contributed by atoms with Crippen molar-refractivity contribution in [2.24, 2.45) is 17.8 Å². The Hall–Kier alpha value is -2.91. The van der Waals surface area contributed by atoms with Crippen LogP contribution in [0.25, 0.3) is 0 Å². The van der Waals surface area contributed by atoms with Crippen molar-refractivity contribution in [3.63, 3.8) is 0 Å². The average molecular weight is 501 g/mol. The molecule has 0 aromatic heterocycles. The van der Waals surface area contributed by atoms with Gasteiger partial charge in [0.1, 0.15) is 17.4 Å². The van der Waals surface area contributed by atoms with E-state index in [0.717, 1.165) is 0 Å². The summed E-state index contributed by atoms with van der Waals surface area (Å²) in [4.78, 5) is 44.4. The van der Waals surface area contributed by atoms with E-state index >= 15 is 0 Å². The van der Waals surface area contributed by atoms with Gasteiger partial charge in [0.25, 0.3) is 5.91 Å². The summed E-state index contributed by atoms with van der Waals surface area (Å²) in [5.41, 5.74) is -0.544. The number of methoxy groups -OCH3 is 1. The largest absolute Gasteiger partial charge is 0.497 e. The number of rotatable bonds is 10. The molecular weight excluding hydrogens is 464 g/mol. The zero-order valence-electron chi connectivity index (χ0n) is 21.4. The van der Waals surface area contributed by atoms with Gasteiger partial charge < -0.3 is 29.1 Å². The monoisotopic (exact) mass is 500 g/mol. The first-order valence-electron chi connectivity index (χ1n) is 12.6. The number of nitrogens with zero attached hydrogens (tertiary/aromatic N) is 2. The second kappa shape index (κ2) is 10.2. The Morgan fingerprint density at radius 2 is 2.03 bits per heavy atom. The minimum atomic E-state index is -1.16. The third-order valence-corrected chi connectivity index (χ3v) is 7.81. The van der Waals surface area contributed by atoms with Gasteiger partial charge in [-0.05, 0) is 49.9 Å². The number of carbonyl (C=O) groups excluding carboxylic acids is 3. The van der Waals surface area contributed by atoms with Gasteiger partial charge in [-0.3, -0.25) is 14.4 Å². The molecule has 3 heterocycles. The molecule has 2 amide bonds. The molecular formula is C27H36N2O7. The Kier molecular flexibility index (Phi) is 7.43. The lowest BCUT2D eigenvalue weighted by Crippen LogP contribution is -2.59. The number of aliphatic hydroxyl groups excluding tert-OH is 1. The van der Waals surface area contributed by atoms with E-state index in [9.17, 15) is 19.5 Å². The third kappa shape index (κ3) is 3.98. The summed E-state index contributed by atoms with van der Waals surface area (Å²) in [6, 6.07) is 5.46. The topological polar surface area (TPSA) is 106 Å². The molecule has 9 heteroatoms. The molecule has 3 fully saturated rings.